The Hall–Kier alpha value is -1.87. The van der Waals surface area contributed by atoms with Gasteiger partial charge >= 0.3 is 0 Å². The molecular formula is C21H28ClN3. The van der Waals surface area contributed by atoms with Crippen molar-refractivity contribution in [1.82, 2.24) is 14.8 Å². The first-order chi connectivity index (χ1) is 12.0. The van der Waals surface area contributed by atoms with E-state index in [-0.39, 0.29) is 5.41 Å². The lowest BCUT2D eigenvalue weighted by molar-refractivity contribution is 0.692. The van der Waals surface area contributed by atoms with Gasteiger partial charge in [-0.2, -0.15) is 0 Å². The van der Waals surface area contributed by atoms with Crippen molar-refractivity contribution in [1.29, 1.82) is 0 Å². The van der Waals surface area contributed by atoms with Crippen molar-refractivity contribution < 1.29 is 0 Å². The van der Waals surface area contributed by atoms with E-state index in [1.54, 1.807) is 0 Å². The van der Waals surface area contributed by atoms with Crippen molar-refractivity contribution in [3.05, 3.63) is 58.4 Å². The fourth-order valence-electron chi connectivity index (χ4n) is 3.26. The lowest BCUT2D eigenvalue weighted by Gasteiger charge is -2.16. The highest BCUT2D eigenvalue weighted by atomic mass is 35.5. The Morgan fingerprint density at radius 1 is 1.20 bits per heavy atom. The Balaban J connectivity index is 0.00000109. The summed E-state index contributed by atoms with van der Waals surface area (Å²) in [6.07, 6.45) is 8.68. The molecule has 2 aromatic rings. The van der Waals surface area contributed by atoms with E-state index in [1.807, 2.05) is 46.9 Å². The third-order valence-corrected chi connectivity index (χ3v) is 4.94. The number of aryl methyl sites for hydroxylation is 1. The Bertz CT molecular complexity index is 795. The van der Waals surface area contributed by atoms with Crippen molar-refractivity contribution in [3.8, 4) is 11.4 Å². The molecule has 1 heterocycles. The average molecular weight is 358 g/mol. The topological polar surface area (TPSA) is 30.7 Å². The summed E-state index contributed by atoms with van der Waals surface area (Å²) < 4.78 is 2.09. The first-order valence-corrected chi connectivity index (χ1v) is 9.37. The Kier molecular flexibility index (Phi) is 6.23. The summed E-state index contributed by atoms with van der Waals surface area (Å²) >= 11 is 6.41. The molecule has 0 spiro atoms. The first-order valence-electron chi connectivity index (χ1n) is 8.99. The average Bonchev–Trinajstić information content (AvgIpc) is 3.32. The molecule has 1 aromatic carbocycles. The Labute approximate surface area is 156 Å². The van der Waals surface area contributed by atoms with Gasteiger partial charge in [0.15, 0.2) is 5.82 Å². The number of benzene rings is 1. The van der Waals surface area contributed by atoms with Crippen LogP contribution < -0.4 is 0 Å². The number of halogens is 1. The van der Waals surface area contributed by atoms with E-state index in [0.29, 0.717) is 0 Å². The van der Waals surface area contributed by atoms with Crippen LogP contribution in [0.4, 0.5) is 0 Å². The zero-order chi connectivity index (χ0) is 18.6. The molecule has 1 fully saturated rings. The number of hydrogen-bond donors (Lipinski definition) is 0. The van der Waals surface area contributed by atoms with Gasteiger partial charge in [-0.1, -0.05) is 49.7 Å². The molecule has 1 aliphatic rings. The summed E-state index contributed by atoms with van der Waals surface area (Å²) in [4.78, 5) is 0. The molecular weight excluding hydrogens is 330 g/mol. The third-order valence-electron chi connectivity index (χ3n) is 4.63. The van der Waals surface area contributed by atoms with Gasteiger partial charge in [-0.3, -0.25) is 0 Å². The maximum absolute atomic E-state index is 6.41. The molecule has 3 nitrogen and oxygen atoms in total. The van der Waals surface area contributed by atoms with Gasteiger partial charge in [-0.15, -0.1) is 10.2 Å². The van der Waals surface area contributed by atoms with Gasteiger partial charge in [0.1, 0.15) is 5.82 Å². The maximum atomic E-state index is 6.41. The van der Waals surface area contributed by atoms with Crippen molar-refractivity contribution >= 4 is 11.6 Å². The minimum atomic E-state index is 0.0123. The number of allylic oxidation sites excluding steroid dienone is 4. The van der Waals surface area contributed by atoms with Gasteiger partial charge in [0, 0.05) is 12.6 Å². The van der Waals surface area contributed by atoms with Crippen LogP contribution in [-0.2, 0) is 12.5 Å². The van der Waals surface area contributed by atoms with E-state index in [4.69, 9.17) is 11.6 Å². The molecule has 0 atom stereocenters. The quantitative estimate of drug-likeness (QED) is 0.626. The first kappa shape index (κ1) is 19.5. The summed E-state index contributed by atoms with van der Waals surface area (Å²) in [6, 6.07) is 6.04. The number of nitrogens with zero attached hydrogens (tertiary/aromatic N) is 3. The van der Waals surface area contributed by atoms with Gasteiger partial charge in [0.25, 0.3) is 0 Å². The Morgan fingerprint density at radius 2 is 1.88 bits per heavy atom. The summed E-state index contributed by atoms with van der Waals surface area (Å²) in [5.41, 5.74) is 3.40. The van der Waals surface area contributed by atoms with Gasteiger partial charge in [0.05, 0.1) is 10.4 Å². The second kappa shape index (κ2) is 8.01. The second-order valence-corrected chi connectivity index (χ2v) is 6.62. The van der Waals surface area contributed by atoms with Crippen LogP contribution in [0.2, 0.25) is 5.02 Å². The SMILES string of the molecule is C/C=C\C(=C/C)C1(c2nnc(-c3ccc(C)cc3Cl)n2C)CC1.CC. The summed E-state index contributed by atoms with van der Waals surface area (Å²) in [7, 11) is 2.03. The molecule has 134 valence electrons. The van der Waals surface area contributed by atoms with Crippen molar-refractivity contribution in [2.75, 3.05) is 0 Å². The molecule has 0 unspecified atom stereocenters. The fourth-order valence-corrected chi connectivity index (χ4v) is 3.58. The molecule has 0 aliphatic heterocycles. The predicted molar refractivity (Wildman–Crippen MR) is 107 cm³/mol. The van der Waals surface area contributed by atoms with Crippen LogP contribution >= 0.6 is 11.6 Å². The normalized spacial score (nSPS) is 15.9. The van der Waals surface area contributed by atoms with Gasteiger partial charge in [0.2, 0.25) is 0 Å². The Morgan fingerprint density at radius 3 is 2.40 bits per heavy atom. The van der Waals surface area contributed by atoms with E-state index < -0.39 is 0 Å². The van der Waals surface area contributed by atoms with Crippen LogP contribution in [0, 0.1) is 6.92 Å². The monoisotopic (exact) mass is 357 g/mol. The summed E-state index contributed by atoms with van der Waals surface area (Å²) in [5, 5.41) is 9.68. The minimum Gasteiger partial charge on any atom is -0.313 e. The molecule has 0 bridgehead atoms. The van der Waals surface area contributed by atoms with Crippen molar-refractivity contribution in [2.24, 2.45) is 7.05 Å². The van der Waals surface area contributed by atoms with Gasteiger partial charge < -0.3 is 4.57 Å². The van der Waals surface area contributed by atoms with Crippen LogP contribution in [0.3, 0.4) is 0 Å². The zero-order valence-electron chi connectivity index (χ0n) is 16.1. The molecule has 25 heavy (non-hydrogen) atoms. The summed E-state index contributed by atoms with van der Waals surface area (Å²) in [5.74, 6) is 1.85. The van der Waals surface area contributed by atoms with E-state index in [2.05, 4.69) is 46.0 Å². The van der Waals surface area contributed by atoms with E-state index in [0.717, 1.165) is 40.6 Å². The highest BCUT2D eigenvalue weighted by molar-refractivity contribution is 6.33. The number of aromatic nitrogens is 3. The highest BCUT2D eigenvalue weighted by Gasteiger charge is 2.50. The molecule has 0 radical (unpaired) electrons. The van der Waals surface area contributed by atoms with Crippen LogP contribution in [0.25, 0.3) is 11.4 Å². The third kappa shape index (κ3) is 3.57. The van der Waals surface area contributed by atoms with Crippen LogP contribution in [-0.4, -0.2) is 14.8 Å². The lowest BCUT2D eigenvalue weighted by atomic mass is 9.94. The molecule has 1 aromatic heterocycles. The second-order valence-electron chi connectivity index (χ2n) is 6.22. The van der Waals surface area contributed by atoms with Gasteiger partial charge in [-0.25, -0.2) is 0 Å². The van der Waals surface area contributed by atoms with Crippen molar-refractivity contribution in [3.63, 3.8) is 0 Å². The molecule has 3 rings (SSSR count). The molecule has 0 amide bonds. The predicted octanol–water partition coefficient (Wildman–Crippen LogP) is 6.02. The molecule has 1 aliphatic carbocycles. The fraction of sp³-hybridized carbons (Fsp3) is 0.429. The van der Waals surface area contributed by atoms with E-state index >= 15 is 0 Å². The minimum absolute atomic E-state index is 0.0123. The van der Waals surface area contributed by atoms with Crippen LogP contribution in [0.1, 0.15) is 51.9 Å². The summed E-state index contributed by atoms with van der Waals surface area (Å²) in [6.45, 7) is 10.2. The van der Waals surface area contributed by atoms with Crippen LogP contribution in [0.5, 0.6) is 0 Å². The van der Waals surface area contributed by atoms with E-state index in [9.17, 15) is 0 Å². The zero-order valence-corrected chi connectivity index (χ0v) is 16.9. The lowest BCUT2D eigenvalue weighted by Crippen LogP contribution is -2.15. The molecule has 0 N–H and O–H groups in total. The largest absolute Gasteiger partial charge is 0.313 e. The van der Waals surface area contributed by atoms with Crippen LogP contribution in [0.15, 0.2) is 42.0 Å². The smallest absolute Gasteiger partial charge is 0.165 e. The molecule has 0 saturated heterocycles. The highest BCUT2D eigenvalue weighted by Crippen LogP contribution is 2.53. The van der Waals surface area contributed by atoms with Gasteiger partial charge in [-0.05, 0) is 56.9 Å². The number of rotatable bonds is 4. The van der Waals surface area contributed by atoms with Crippen molar-refractivity contribution in [2.45, 2.75) is 52.9 Å². The number of hydrogen-bond acceptors (Lipinski definition) is 2. The standard InChI is InChI=1S/C19H22ClN3.C2H6/c1-5-7-14(6-2)19(10-11-19)18-22-21-17(23(18)4)15-9-8-13(3)12-16(15)20;1-2/h5-9,12H,10-11H2,1-4H3;1-2H3/b7-5-,14-6+;. The van der Waals surface area contributed by atoms with E-state index in [1.165, 1.54) is 5.57 Å². The molecule has 4 heteroatoms. The maximum Gasteiger partial charge on any atom is 0.165 e. The molecule has 1 saturated carbocycles.